The van der Waals surface area contributed by atoms with Gasteiger partial charge in [0.1, 0.15) is 16.3 Å². The van der Waals surface area contributed by atoms with E-state index in [1.165, 1.54) is 33.5 Å². The van der Waals surface area contributed by atoms with Gasteiger partial charge in [-0.2, -0.15) is 5.26 Å². The predicted octanol–water partition coefficient (Wildman–Crippen LogP) is 8.10. The van der Waals surface area contributed by atoms with Gasteiger partial charge >= 0.3 is 0 Å². The Morgan fingerprint density at radius 1 is 1.02 bits per heavy atom. The molecule has 1 aliphatic carbocycles. The van der Waals surface area contributed by atoms with Crippen LogP contribution in [-0.2, 0) is 22.4 Å². The zero-order valence-electron chi connectivity index (χ0n) is 22.4. The molecule has 0 radical (unpaired) electrons. The Hall–Kier alpha value is -3.86. The molecule has 3 aromatic carbocycles. The molecule has 7 heteroatoms. The maximum Gasteiger partial charge on any atom is 0.243 e. The molecular weight excluding hydrogens is 535 g/mol. The first-order valence-electron chi connectivity index (χ1n) is 13.6. The van der Waals surface area contributed by atoms with Gasteiger partial charge in [-0.1, -0.05) is 73.7 Å². The predicted molar refractivity (Wildman–Crippen MR) is 164 cm³/mol. The summed E-state index contributed by atoms with van der Waals surface area (Å²) in [6.07, 6.45) is 3.94. The molecule has 2 N–H and O–H groups in total. The van der Waals surface area contributed by atoms with Gasteiger partial charge in [-0.05, 0) is 66.5 Å². The quantitative estimate of drug-likeness (QED) is 0.201. The highest BCUT2D eigenvalue weighted by molar-refractivity contribution is 8.00. The van der Waals surface area contributed by atoms with Crippen molar-refractivity contribution in [1.29, 1.82) is 5.26 Å². The van der Waals surface area contributed by atoms with E-state index in [1.807, 2.05) is 67.6 Å². The van der Waals surface area contributed by atoms with Crippen molar-refractivity contribution in [3.63, 3.8) is 0 Å². The Labute approximate surface area is 243 Å². The number of amides is 2. The van der Waals surface area contributed by atoms with Crippen LogP contribution in [0, 0.1) is 11.3 Å². The molecule has 0 fully saturated rings. The number of anilines is 2. The average Bonchev–Trinajstić information content (AvgIpc) is 3.33. The third-order valence-corrected chi connectivity index (χ3v) is 9.49. The number of rotatable bonds is 9. The van der Waals surface area contributed by atoms with Crippen molar-refractivity contribution >= 4 is 45.6 Å². The summed E-state index contributed by atoms with van der Waals surface area (Å²) >= 11 is 2.96. The van der Waals surface area contributed by atoms with Crippen LogP contribution in [-0.4, -0.2) is 11.8 Å². The van der Waals surface area contributed by atoms with Crippen LogP contribution in [0.25, 0.3) is 0 Å². The van der Waals surface area contributed by atoms with Gasteiger partial charge in [0, 0.05) is 21.9 Å². The van der Waals surface area contributed by atoms with Crippen molar-refractivity contribution in [1.82, 2.24) is 0 Å². The summed E-state index contributed by atoms with van der Waals surface area (Å²) in [4.78, 5) is 28.0. The number of nitriles is 1. The number of thiophene rings is 1. The fourth-order valence-corrected chi connectivity index (χ4v) is 7.48. The molecule has 1 aliphatic rings. The lowest BCUT2D eigenvalue weighted by molar-refractivity contribution is -0.116. The summed E-state index contributed by atoms with van der Waals surface area (Å²) < 4.78 is 0. The summed E-state index contributed by atoms with van der Waals surface area (Å²) in [7, 11) is 0. The van der Waals surface area contributed by atoms with Gasteiger partial charge in [-0.25, -0.2) is 0 Å². The zero-order valence-corrected chi connectivity index (χ0v) is 24.0. The second-order valence-corrected chi connectivity index (χ2v) is 12.2. The molecule has 0 spiro atoms. The fourth-order valence-electron chi connectivity index (χ4n) is 5.11. The van der Waals surface area contributed by atoms with Gasteiger partial charge in [-0.15, -0.1) is 23.1 Å². The minimum atomic E-state index is -0.537. The lowest BCUT2D eigenvalue weighted by Gasteiger charge is -2.22. The van der Waals surface area contributed by atoms with Crippen molar-refractivity contribution < 1.29 is 9.59 Å². The molecule has 0 bridgehead atoms. The van der Waals surface area contributed by atoms with Crippen LogP contribution in [0.5, 0.6) is 0 Å². The van der Waals surface area contributed by atoms with Gasteiger partial charge in [0.15, 0.2) is 0 Å². The molecule has 5 rings (SSSR count). The van der Waals surface area contributed by atoms with Crippen molar-refractivity contribution in [2.75, 3.05) is 10.6 Å². The summed E-state index contributed by atoms with van der Waals surface area (Å²) in [6, 6.07) is 30.1. The van der Waals surface area contributed by atoms with Gasteiger partial charge in [0.2, 0.25) is 11.8 Å². The Balaban J connectivity index is 1.38. The molecule has 2 unspecified atom stereocenters. The number of hydrogen-bond donors (Lipinski definition) is 2. The molecule has 4 aromatic rings. The standard InChI is InChI=1S/C33H31N3O2S2/c1-2-10-30(37)35-25-15-9-16-26(20-25)39-31(23-13-7-4-8-14-23)32(38)36-33-28(21-34)27-18-17-24(19-29(27)40-33)22-11-5-3-6-12-22/h3-9,11-16,20,24,31H,2,10,17-19H2,1H3,(H,35,37)(H,36,38). The normalized spacial score (nSPS) is 14.9. The topological polar surface area (TPSA) is 82.0 Å². The fraction of sp³-hybridized carbons (Fsp3) is 0.242. The second-order valence-electron chi connectivity index (χ2n) is 9.89. The van der Waals surface area contributed by atoms with Gasteiger partial charge in [-0.3, -0.25) is 9.59 Å². The van der Waals surface area contributed by atoms with Gasteiger partial charge in [0.25, 0.3) is 0 Å². The SMILES string of the molecule is CCCC(=O)Nc1cccc(SC(C(=O)Nc2sc3c(c2C#N)CCC(c2ccccc2)C3)c2ccccc2)c1. The number of carbonyl (C=O) groups excluding carboxylic acids is 2. The Bertz CT molecular complexity index is 1530. The monoisotopic (exact) mass is 565 g/mol. The Morgan fingerprint density at radius 3 is 2.50 bits per heavy atom. The van der Waals surface area contributed by atoms with Crippen LogP contribution < -0.4 is 10.6 Å². The minimum Gasteiger partial charge on any atom is -0.326 e. The van der Waals surface area contributed by atoms with Crippen LogP contribution >= 0.6 is 23.1 Å². The largest absolute Gasteiger partial charge is 0.326 e. The molecule has 2 amide bonds. The van der Waals surface area contributed by atoms with Crippen molar-refractivity contribution in [3.05, 3.63) is 112 Å². The minimum absolute atomic E-state index is 0.0257. The van der Waals surface area contributed by atoms with Crippen LogP contribution in [0.4, 0.5) is 10.7 Å². The second kappa shape index (κ2) is 13.0. The molecule has 2 atom stereocenters. The molecule has 1 aromatic heterocycles. The molecular formula is C33H31N3O2S2. The maximum atomic E-state index is 13.8. The first-order chi connectivity index (χ1) is 19.6. The highest BCUT2D eigenvalue weighted by atomic mass is 32.2. The molecule has 40 heavy (non-hydrogen) atoms. The van der Waals surface area contributed by atoms with Crippen LogP contribution in [0.15, 0.2) is 89.8 Å². The number of benzene rings is 3. The van der Waals surface area contributed by atoms with E-state index < -0.39 is 5.25 Å². The van der Waals surface area contributed by atoms with Crippen LogP contribution in [0.1, 0.15) is 64.5 Å². The average molecular weight is 566 g/mol. The zero-order chi connectivity index (χ0) is 27.9. The Morgan fingerprint density at radius 2 is 1.77 bits per heavy atom. The molecule has 0 saturated heterocycles. The smallest absolute Gasteiger partial charge is 0.243 e. The Kier molecular flexibility index (Phi) is 9.00. The van der Waals surface area contributed by atoms with Crippen molar-refractivity contribution in [2.24, 2.45) is 0 Å². The van der Waals surface area contributed by atoms with Gasteiger partial charge < -0.3 is 10.6 Å². The van der Waals surface area contributed by atoms with E-state index in [1.54, 1.807) is 0 Å². The summed E-state index contributed by atoms with van der Waals surface area (Å²) in [5.74, 6) is 0.216. The van der Waals surface area contributed by atoms with E-state index in [0.717, 1.165) is 41.7 Å². The third-order valence-electron chi connectivity index (χ3n) is 7.07. The number of nitrogens with zero attached hydrogens (tertiary/aromatic N) is 1. The number of carbonyl (C=O) groups is 2. The highest BCUT2D eigenvalue weighted by Gasteiger charge is 2.29. The first kappa shape index (κ1) is 27.7. The number of fused-ring (bicyclic) bond motifs is 1. The number of nitrogens with one attached hydrogen (secondary N) is 2. The summed E-state index contributed by atoms with van der Waals surface area (Å²) in [5, 5.41) is 16.2. The molecule has 202 valence electrons. The molecule has 5 nitrogen and oxygen atoms in total. The van der Waals surface area contributed by atoms with E-state index in [0.29, 0.717) is 28.6 Å². The lowest BCUT2D eigenvalue weighted by atomic mass is 9.83. The summed E-state index contributed by atoms with van der Waals surface area (Å²) in [5.41, 5.74) is 4.57. The van der Waals surface area contributed by atoms with Crippen LogP contribution in [0.3, 0.4) is 0 Å². The van der Waals surface area contributed by atoms with E-state index >= 15 is 0 Å². The molecule has 1 heterocycles. The van der Waals surface area contributed by atoms with E-state index in [-0.39, 0.29) is 11.8 Å². The van der Waals surface area contributed by atoms with E-state index in [2.05, 4.69) is 41.0 Å². The number of hydrogen-bond acceptors (Lipinski definition) is 5. The third kappa shape index (κ3) is 6.47. The highest BCUT2D eigenvalue weighted by Crippen LogP contribution is 2.43. The lowest BCUT2D eigenvalue weighted by Crippen LogP contribution is -2.19. The van der Waals surface area contributed by atoms with E-state index in [9.17, 15) is 14.9 Å². The summed E-state index contributed by atoms with van der Waals surface area (Å²) in [6.45, 7) is 1.97. The van der Waals surface area contributed by atoms with E-state index in [4.69, 9.17) is 0 Å². The molecule has 0 saturated carbocycles. The number of thioether (sulfide) groups is 1. The molecule has 0 aliphatic heterocycles. The van der Waals surface area contributed by atoms with Crippen molar-refractivity contribution in [3.8, 4) is 6.07 Å². The first-order valence-corrected chi connectivity index (χ1v) is 15.3. The van der Waals surface area contributed by atoms with Crippen molar-refractivity contribution in [2.45, 2.75) is 55.1 Å². The van der Waals surface area contributed by atoms with Gasteiger partial charge in [0.05, 0.1) is 5.56 Å². The van der Waals surface area contributed by atoms with Crippen LogP contribution in [0.2, 0.25) is 0 Å². The maximum absolute atomic E-state index is 13.8.